The number of rotatable bonds is 19. The van der Waals surface area contributed by atoms with Crippen LogP contribution in [0.5, 0.6) is 0 Å². The summed E-state index contributed by atoms with van der Waals surface area (Å²) in [4.78, 5) is 88.0. The number of aryl methyl sites for hydroxylation is 1. The number of nitrogens with zero attached hydrogens (tertiary/aromatic N) is 2. The van der Waals surface area contributed by atoms with E-state index in [4.69, 9.17) is 19.7 Å². The molecule has 17 heteroatoms. The van der Waals surface area contributed by atoms with Gasteiger partial charge in [0.1, 0.15) is 24.3 Å². The summed E-state index contributed by atoms with van der Waals surface area (Å²) in [5.74, 6) is -0.438. The number of Topliss-reactive ketones (excluding diaryl/α,β-unsaturated/α-hetero) is 1. The van der Waals surface area contributed by atoms with Crippen molar-refractivity contribution >= 4 is 71.1 Å². The van der Waals surface area contributed by atoms with E-state index in [9.17, 15) is 33.9 Å². The molecule has 59 heavy (non-hydrogen) atoms. The highest BCUT2D eigenvalue weighted by Crippen LogP contribution is 2.39. The molecule has 0 fully saturated rings. The quantitative estimate of drug-likeness (QED) is 0.0955. The lowest BCUT2D eigenvalue weighted by molar-refractivity contribution is -0.143. The van der Waals surface area contributed by atoms with Gasteiger partial charge in [0.15, 0.2) is 0 Å². The van der Waals surface area contributed by atoms with Gasteiger partial charge in [-0.05, 0) is 132 Å². The minimum absolute atomic E-state index is 0.0414. The number of amides is 1. The van der Waals surface area contributed by atoms with Crippen molar-refractivity contribution in [2.24, 2.45) is 5.92 Å². The summed E-state index contributed by atoms with van der Waals surface area (Å²) < 4.78 is 17.0. The second-order valence-electron chi connectivity index (χ2n) is 17.9. The number of hydrogen-bond donors (Lipinski definition) is 3. The number of anilines is 1. The Kier molecular flexibility index (Phi) is 15.4. The first-order chi connectivity index (χ1) is 27.5. The van der Waals surface area contributed by atoms with E-state index in [2.05, 4.69) is 21.2 Å². The van der Waals surface area contributed by atoms with Gasteiger partial charge in [0.25, 0.3) is 23.4 Å². The number of ketones is 1. The van der Waals surface area contributed by atoms with Gasteiger partial charge < -0.3 is 33.6 Å². The van der Waals surface area contributed by atoms with E-state index >= 15 is 0 Å². The van der Waals surface area contributed by atoms with Crippen molar-refractivity contribution in [1.29, 1.82) is 0 Å². The van der Waals surface area contributed by atoms with Crippen molar-refractivity contribution in [3.8, 4) is 12.3 Å². The third-order valence-corrected chi connectivity index (χ3v) is 11.8. The van der Waals surface area contributed by atoms with Gasteiger partial charge in [-0.15, -0.1) is 6.42 Å². The minimum atomic E-state index is -2.40. The van der Waals surface area contributed by atoms with Crippen LogP contribution in [-0.4, -0.2) is 82.2 Å². The number of aliphatic hydroxyl groups excluding tert-OH is 1. The molecular weight excluding hydrogens is 805 g/mol. The Labute approximate surface area is 349 Å². The predicted octanol–water partition coefficient (Wildman–Crippen LogP) is 5.91. The van der Waals surface area contributed by atoms with Crippen molar-refractivity contribution < 1.29 is 42.4 Å². The average Bonchev–Trinajstić information content (AvgIpc) is 3.53. The molecule has 4 rings (SSSR count). The van der Waals surface area contributed by atoms with Crippen LogP contribution in [0, 0.1) is 18.3 Å². The number of aliphatic hydroxyl groups is 1. The second kappa shape index (κ2) is 19.4. The summed E-state index contributed by atoms with van der Waals surface area (Å²) in [6.07, 6.45) is 6.93. The average molecular weight is 863 g/mol. The zero-order chi connectivity index (χ0) is 43.9. The Morgan fingerprint density at radius 1 is 0.915 bits per heavy atom. The zero-order valence-electron chi connectivity index (χ0n) is 35.7. The molecule has 1 aliphatic rings. The molecule has 3 N–H and O–H groups in total. The lowest BCUT2D eigenvalue weighted by atomic mass is 9.94. The highest BCUT2D eigenvalue weighted by molar-refractivity contribution is 6.72. The fourth-order valence-electron chi connectivity index (χ4n) is 6.87. The third-order valence-electron chi connectivity index (χ3n) is 9.35. The van der Waals surface area contributed by atoms with Gasteiger partial charge in [0, 0.05) is 30.5 Å². The Morgan fingerprint density at radius 3 is 2.14 bits per heavy atom. The van der Waals surface area contributed by atoms with Crippen LogP contribution in [0.1, 0.15) is 71.9 Å². The fraction of sp³-hybridized carbons (Fsp3) is 0.500. The summed E-state index contributed by atoms with van der Waals surface area (Å²) in [5, 5.41) is 12.7. The van der Waals surface area contributed by atoms with Gasteiger partial charge >= 0.3 is 5.97 Å². The maximum atomic E-state index is 13.7. The number of carbonyl (C=O) groups is 5. The SMILES string of the molecule is C#CCN(c1ccc(C(=O)N[C@@H](CCC(=O)C[C@H](CCC(=O)O[Si](C)(C)C)C(=O)O[Si](C)(C)C)C(=O)O[Si](C)(C)C)cc1)[C@H]1CCc2cc3nc(CO)[nH]c(=O)c3cc21. The first-order valence-electron chi connectivity index (χ1n) is 19.9. The molecule has 0 radical (unpaired) electrons. The number of fused-ring (bicyclic) bond motifs is 2. The maximum absolute atomic E-state index is 13.7. The number of terminal acetylenes is 1. The Hall–Kier alpha value is -4.90. The Morgan fingerprint density at radius 2 is 1.54 bits per heavy atom. The lowest BCUT2D eigenvalue weighted by Crippen LogP contribution is -2.45. The minimum Gasteiger partial charge on any atom is -0.520 e. The van der Waals surface area contributed by atoms with E-state index in [1.54, 1.807) is 24.3 Å². The molecule has 14 nitrogen and oxygen atoms in total. The molecule has 2 aromatic carbocycles. The molecular formula is C42H58N4O10Si3. The van der Waals surface area contributed by atoms with E-state index in [1.807, 2.05) is 76.0 Å². The largest absolute Gasteiger partial charge is 0.520 e. The smallest absolute Gasteiger partial charge is 0.315 e. The first kappa shape index (κ1) is 46.8. The molecule has 0 saturated heterocycles. The van der Waals surface area contributed by atoms with Crippen LogP contribution in [0.2, 0.25) is 58.9 Å². The number of H-pyrrole nitrogens is 1. The molecule has 3 atom stereocenters. The fourth-order valence-corrected chi connectivity index (χ4v) is 9.17. The number of aromatic amines is 1. The van der Waals surface area contributed by atoms with Crippen LogP contribution >= 0.6 is 0 Å². The first-order valence-corrected chi connectivity index (χ1v) is 30.2. The number of nitrogens with one attached hydrogen (secondary N) is 2. The highest BCUT2D eigenvalue weighted by atomic mass is 28.4. The summed E-state index contributed by atoms with van der Waals surface area (Å²) >= 11 is 0. The molecule has 0 aliphatic heterocycles. The van der Waals surface area contributed by atoms with Crippen molar-refractivity contribution in [3.63, 3.8) is 0 Å². The molecule has 1 heterocycles. The van der Waals surface area contributed by atoms with Crippen molar-refractivity contribution in [3.05, 3.63) is 69.3 Å². The van der Waals surface area contributed by atoms with Gasteiger partial charge in [-0.1, -0.05) is 5.92 Å². The molecule has 1 aliphatic carbocycles. The Bertz CT molecular complexity index is 2150. The van der Waals surface area contributed by atoms with Gasteiger partial charge in [-0.3, -0.25) is 28.8 Å². The molecule has 3 aromatic rings. The van der Waals surface area contributed by atoms with Crippen molar-refractivity contribution in [2.45, 2.75) is 123 Å². The zero-order valence-corrected chi connectivity index (χ0v) is 38.7. The summed E-state index contributed by atoms with van der Waals surface area (Å²) in [6, 6.07) is 9.20. The van der Waals surface area contributed by atoms with Gasteiger partial charge in [0.05, 0.1) is 29.4 Å². The van der Waals surface area contributed by atoms with Gasteiger partial charge in [0.2, 0.25) is 25.0 Å². The van der Waals surface area contributed by atoms with E-state index < -0.39 is 60.7 Å². The van der Waals surface area contributed by atoms with Gasteiger partial charge in [-0.2, -0.15) is 0 Å². The van der Waals surface area contributed by atoms with Crippen LogP contribution in [-0.2, 0) is 45.5 Å². The third kappa shape index (κ3) is 13.8. The molecule has 318 valence electrons. The number of benzene rings is 2. The highest BCUT2D eigenvalue weighted by Gasteiger charge is 2.33. The molecule has 0 bridgehead atoms. The van der Waals surface area contributed by atoms with Crippen LogP contribution in [0.3, 0.4) is 0 Å². The number of hydrogen-bond acceptors (Lipinski definition) is 12. The number of aromatic nitrogens is 2. The topological polar surface area (TPSA) is 194 Å². The molecule has 0 saturated carbocycles. The molecule has 0 spiro atoms. The van der Waals surface area contributed by atoms with Crippen LogP contribution in [0.4, 0.5) is 5.69 Å². The molecule has 0 unspecified atom stereocenters. The summed E-state index contributed by atoms with van der Waals surface area (Å²) in [7, 11) is -6.86. The molecule has 1 aromatic heterocycles. The van der Waals surface area contributed by atoms with E-state index in [0.29, 0.717) is 10.9 Å². The van der Waals surface area contributed by atoms with Gasteiger partial charge in [-0.25, -0.2) is 4.98 Å². The monoisotopic (exact) mass is 862 g/mol. The van der Waals surface area contributed by atoms with Crippen LogP contribution < -0.4 is 15.8 Å². The number of carbonyl (C=O) groups excluding carboxylic acids is 5. The lowest BCUT2D eigenvalue weighted by Gasteiger charge is -2.30. The summed E-state index contributed by atoms with van der Waals surface area (Å²) in [5.41, 5.74) is 3.15. The normalized spacial score (nSPS) is 15.0. The van der Waals surface area contributed by atoms with Crippen molar-refractivity contribution in [1.82, 2.24) is 15.3 Å². The van der Waals surface area contributed by atoms with E-state index in [1.165, 1.54) is 0 Å². The second-order valence-corrected chi connectivity index (χ2v) is 31.2. The van der Waals surface area contributed by atoms with E-state index in [-0.39, 0.29) is 74.0 Å². The Balaban J connectivity index is 1.49. The maximum Gasteiger partial charge on any atom is 0.315 e. The standard InChI is InChI=1S/C42H58N4O10Si3/c1-11-22-46(36-20-14-28-24-35-33(25-32(28)36)40(51)45-37(26-47)43-35)30-16-12-27(13-17-30)39(50)44-34(42(53)56-59(8,9)10)19-18-31(48)23-29(41(52)55-58(5,6)7)15-21-38(49)54-57(2,3)4/h1,12-13,16-17,24-25,29,34,36,47H,14-15,18-23,26H2,2-10H3,(H,44,50)(H,43,45,51)/t29-,34-,36-/m0/s1. The summed E-state index contributed by atoms with van der Waals surface area (Å²) in [6.45, 7) is 16.6. The predicted molar refractivity (Wildman–Crippen MR) is 233 cm³/mol. The van der Waals surface area contributed by atoms with E-state index in [0.717, 1.165) is 29.7 Å². The molecule has 1 amide bonds. The van der Waals surface area contributed by atoms with Crippen LogP contribution in [0.15, 0.2) is 41.2 Å². The van der Waals surface area contributed by atoms with Crippen molar-refractivity contribution in [2.75, 3.05) is 11.4 Å². The van der Waals surface area contributed by atoms with Crippen LogP contribution in [0.25, 0.3) is 10.9 Å².